The molecule has 0 aliphatic carbocycles. The van der Waals surface area contributed by atoms with Gasteiger partial charge in [-0.3, -0.25) is 9.48 Å². The zero-order valence-electron chi connectivity index (χ0n) is 9.44. The Labute approximate surface area is 102 Å². The highest BCUT2D eigenvalue weighted by atomic mass is 16.6. The highest BCUT2D eigenvalue weighted by Gasteiger charge is 2.31. The Kier molecular flexibility index (Phi) is 3.56. The SMILES string of the molecule is O=C(O)C1=NOC(C(=O)NCCn2cccn2)C1. The average molecular weight is 252 g/mol. The van der Waals surface area contributed by atoms with E-state index in [2.05, 4.69) is 15.6 Å². The lowest BCUT2D eigenvalue weighted by Crippen LogP contribution is -2.37. The lowest BCUT2D eigenvalue weighted by Gasteiger charge is -2.09. The maximum atomic E-state index is 11.6. The summed E-state index contributed by atoms with van der Waals surface area (Å²) in [4.78, 5) is 26.9. The van der Waals surface area contributed by atoms with Gasteiger partial charge in [0.05, 0.1) is 6.54 Å². The molecule has 2 heterocycles. The summed E-state index contributed by atoms with van der Waals surface area (Å²) in [7, 11) is 0. The number of nitrogens with one attached hydrogen (secondary N) is 1. The first-order chi connectivity index (χ1) is 8.66. The van der Waals surface area contributed by atoms with Crippen LogP contribution in [0.25, 0.3) is 0 Å². The predicted molar refractivity (Wildman–Crippen MR) is 59.8 cm³/mol. The van der Waals surface area contributed by atoms with Crippen molar-refractivity contribution in [3.8, 4) is 0 Å². The molecule has 1 amide bonds. The first-order valence-corrected chi connectivity index (χ1v) is 5.38. The molecule has 1 aromatic rings. The van der Waals surface area contributed by atoms with E-state index in [1.54, 1.807) is 23.1 Å². The van der Waals surface area contributed by atoms with Crippen LogP contribution < -0.4 is 5.32 Å². The molecule has 1 atom stereocenters. The molecule has 18 heavy (non-hydrogen) atoms. The predicted octanol–water partition coefficient (Wildman–Crippen LogP) is -0.771. The molecule has 0 spiro atoms. The molecule has 1 aliphatic heterocycles. The van der Waals surface area contributed by atoms with Gasteiger partial charge in [0.2, 0.25) is 6.10 Å². The summed E-state index contributed by atoms with van der Waals surface area (Å²) in [6.07, 6.45) is 2.57. The lowest BCUT2D eigenvalue weighted by molar-refractivity contribution is -0.131. The van der Waals surface area contributed by atoms with Gasteiger partial charge in [-0.15, -0.1) is 0 Å². The third kappa shape index (κ3) is 2.84. The largest absolute Gasteiger partial charge is 0.477 e. The second-order valence-electron chi connectivity index (χ2n) is 3.70. The van der Waals surface area contributed by atoms with Crippen LogP contribution in [0.5, 0.6) is 0 Å². The Hall–Kier alpha value is -2.38. The zero-order chi connectivity index (χ0) is 13.0. The third-order valence-electron chi connectivity index (χ3n) is 2.41. The van der Waals surface area contributed by atoms with Gasteiger partial charge in [0, 0.05) is 25.4 Å². The van der Waals surface area contributed by atoms with Gasteiger partial charge >= 0.3 is 5.97 Å². The minimum absolute atomic E-state index is 0.0110. The summed E-state index contributed by atoms with van der Waals surface area (Å²) >= 11 is 0. The van der Waals surface area contributed by atoms with Crippen LogP contribution in [-0.2, 0) is 21.0 Å². The van der Waals surface area contributed by atoms with Crippen molar-refractivity contribution in [3.05, 3.63) is 18.5 Å². The fraction of sp³-hybridized carbons (Fsp3) is 0.400. The van der Waals surface area contributed by atoms with Gasteiger partial charge in [0.1, 0.15) is 0 Å². The molecule has 96 valence electrons. The minimum Gasteiger partial charge on any atom is -0.477 e. The van der Waals surface area contributed by atoms with Gasteiger partial charge in [-0.25, -0.2) is 4.79 Å². The standard InChI is InChI=1S/C10H12N4O4/c15-9(8-6-7(10(16)17)13-18-8)11-3-5-14-4-1-2-12-14/h1-2,4,8H,3,5-6H2,(H,11,15)(H,16,17). The number of carboxylic acids is 1. The van der Waals surface area contributed by atoms with Gasteiger partial charge in [-0.05, 0) is 6.07 Å². The number of carboxylic acid groups (broad SMARTS) is 1. The van der Waals surface area contributed by atoms with Crippen molar-refractivity contribution in [2.24, 2.45) is 5.16 Å². The van der Waals surface area contributed by atoms with Gasteiger partial charge in [-0.1, -0.05) is 5.16 Å². The Morgan fingerprint density at radius 2 is 2.44 bits per heavy atom. The second-order valence-corrected chi connectivity index (χ2v) is 3.70. The minimum atomic E-state index is -1.16. The Bertz CT molecular complexity index is 468. The maximum Gasteiger partial charge on any atom is 0.353 e. The molecule has 2 N–H and O–H groups in total. The Balaban J connectivity index is 1.72. The van der Waals surface area contributed by atoms with Crippen LogP contribution in [0.2, 0.25) is 0 Å². The van der Waals surface area contributed by atoms with Crippen molar-refractivity contribution in [1.82, 2.24) is 15.1 Å². The summed E-state index contributed by atoms with van der Waals surface area (Å²) < 4.78 is 1.68. The highest BCUT2D eigenvalue weighted by molar-refractivity contribution is 6.36. The third-order valence-corrected chi connectivity index (χ3v) is 2.41. The van der Waals surface area contributed by atoms with Crippen molar-refractivity contribution < 1.29 is 19.5 Å². The number of rotatable bonds is 5. The van der Waals surface area contributed by atoms with Crippen LogP contribution in [0, 0.1) is 0 Å². The van der Waals surface area contributed by atoms with Crippen molar-refractivity contribution >= 4 is 17.6 Å². The summed E-state index contributed by atoms with van der Waals surface area (Å²) in [5.41, 5.74) is -0.137. The van der Waals surface area contributed by atoms with E-state index < -0.39 is 12.1 Å². The fourth-order valence-electron chi connectivity index (χ4n) is 1.48. The molecular formula is C10H12N4O4. The molecule has 0 saturated heterocycles. The normalized spacial score (nSPS) is 18.0. The highest BCUT2D eigenvalue weighted by Crippen LogP contribution is 2.10. The number of nitrogens with zero attached hydrogens (tertiary/aromatic N) is 3. The van der Waals surface area contributed by atoms with Crippen molar-refractivity contribution in [3.63, 3.8) is 0 Å². The van der Waals surface area contributed by atoms with Crippen molar-refractivity contribution in [2.45, 2.75) is 19.1 Å². The van der Waals surface area contributed by atoms with Crippen LogP contribution in [-0.4, -0.2) is 45.1 Å². The van der Waals surface area contributed by atoms with E-state index in [1.165, 1.54) is 0 Å². The lowest BCUT2D eigenvalue weighted by atomic mass is 10.2. The van der Waals surface area contributed by atoms with Gasteiger partial charge < -0.3 is 15.3 Å². The zero-order valence-corrected chi connectivity index (χ0v) is 9.44. The topological polar surface area (TPSA) is 106 Å². The Morgan fingerprint density at radius 3 is 3.06 bits per heavy atom. The smallest absolute Gasteiger partial charge is 0.353 e. The van der Waals surface area contributed by atoms with E-state index in [0.29, 0.717) is 13.1 Å². The van der Waals surface area contributed by atoms with Crippen molar-refractivity contribution in [1.29, 1.82) is 0 Å². The van der Waals surface area contributed by atoms with Crippen LogP contribution in [0.4, 0.5) is 0 Å². The van der Waals surface area contributed by atoms with E-state index in [-0.39, 0.29) is 18.0 Å². The molecule has 8 heteroatoms. The van der Waals surface area contributed by atoms with Crippen LogP contribution in [0.15, 0.2) is 23.6 Å². The number of aromatic nitrogens is 2. The summed E-state index contributed by atoms with van der Waals surface area (Å²) in [6, 6.07) is 1.79. The van der Waals surface area contributed by atoms with Gasteiger partial charge in [-0.2, -0.15) is 5.10 Å². The summed E-state index contributed by atoms with van der Waals surface area (Å²) in [6.45, 7) is 0.931. The molecule has 1 unspecified atom stereocenters. The molecule has 8 nitrogen and oxygen atoms in total. The van der Waals surface area contributed by atoms with Crippen molar-refractivity contribution in [2.75, 3.05) is 6.54 Å². The molecule has 0 fully saturated rings. The van der Waals surface area contributed by atoms with E-state index in [1.807, 2.05) is 0 Å². The quantitative estimate of drug-likeness (QED) is 0.715. The maximum absolute atomic E-state index is 11.6. The Morgan fingerprint density at radius 1 is 1.61 bits per heavy atom. The molecular weight excluding hydrogens is 240 g/mol. The average Bonchev–Trinajstić information content (AvgIpc) is 2.99. The molecule has 0 radical (unpaired) electrons. The molecule has 1 aliphatic rings. The summed E-state index contributed by atoms with van der Waals surface area (Å²) in [5.74, 6) is -1.54. The van der Waals surface area contributed by atoms with E-state index >= 15 is 0 Å². The van der Waals surface area contributed by atoms with Crippen LogP contribution in [0.3, 0.4) is 0 Å². The van der Waals surface area contributed by atoms with Gasteiger partial charge in [0.25, 0.3) is 5.91 Å². The van der Waals surface area contributed by atoms with E-state index in [4.69, 9.17) is 9.94 Å². The first-order valence-electron chi connectivity index (χ1n) is 5.38. The molecule has 1 aromatic heterocycles. The number of amides is 1. The molecule has 0 aromatic carbocycles. The number of aliphatic carboxylic acids is 1. The summed E-state index contributed by atoms with van der Waals surface area (Å²) in [5, 5.41) is 18.6. The number of oxime groups is 1. The monoisotopic (exact) mass is 252 g/mol. The number of carbonyl (C=O) groups is 2. The van der Waals surface area contributed by atoms with Crippen LogP contribution in [0.1, 0.15) is 6.42 Å². The molecule has 2 rings (SSSR count). The number of hydrogen-bond acceptors (Lipinski definition) is 5. The number of carbonyl (C=O) groups excluding carboxylic acids is 1. The molecule has 0 saturated carbocycles. The number of hydrogen-bond donors (Lipinski definition) is 2. The molecule has 0 bridgehead atoms. The van der Waals surface area contributed by atoms with Crippen LogP contribution >= 0.6 is 0 Å². The van der Waals surface area contributed by atoms with Gasteiger partial charge in [0.15, 0.2) is 5.71 Å². The van der Waals surface area contributed by atoms with E-state index in [9.17, 15) is 9.59 Å². The first kappa shape index (κ1) is 12.1. The fourth-order valence-corrected chi connectivity index (χ4v) is 1.48. The second kappa shape index (κ2) is 5.30. The van der Waals surface area contributed by atoms with E-state index in [0.717, 1.165) is 0 Å².